The number of thiophene rings is 1. The van der Waals surface area contributed by atoms with Crippen molar-refractivity contribution >= 4 is 33.8 Å². The Hall–Kier alpha value is -2.55. The van der Waals surface area contributed by atoms with Crippen LogP contribution in [-0.4, -0.2) is 5.91 Å². The van der Waals surface area contributed by atoms with Crippen molar-refractivity contribution < 1.29 is 9.21 Å². The Bertz CT molecular complexity index is 1040. The standard InChI is InChI=1S/C21H17ClN2O2S/c1-12-2-7-15-16(11-23)21(27-19(15)10-12)24-20(25)18-9-8-17(26-18)13-3-5-14(22)6-4-13/h3-6,8-9,12H,2,7,10H2,1H3,(H,24,25). The van der Waals surface area contributed by atoms with Crippen molar-refractivity contribution in [2.75, 3.05) is 5.32 Å². The third kappa shape index (κ3) is 3.51. The fourth-order valence-electron chi connectivity index (χ4n) is 3.35. The molecule has 1 aliphatic rings. The normalized spacial score (nSPS) is 15.8. The van der Waals surface area contributed by atoms with Crippen LogP contribution < -0.4 is 5.32 Å². The summed E-state index contributed by atoms with van der Waals surface area (Å²) in [5.74, 6) is 1.07. The molecule has 0 aliphatic heterocycles. The van der Waals surface area contributed by atoms with Crippen LogP contribution in [0.3, 0.4) is 0 Å². The predicted octanol–water partition coefficient (Wildman–Crippen LogP) is 5.91. The number of hydrogen-bond acceptors (Lipinski definition) is 4. The van der Waals surface area contributed by atoms with Crippen LogP contribution >= 0.6 is 22.9 Å². The van der Waals surface area contributed by atoms with Crippen LogP contribution in [0.25, 0.3) is 11.3 Å². The number of rotatable bonds is 3. The summed E-state index contributed by atoms with van der Waals surface area (Å²) < 4.78 is 5.70. The van der Waals surface area contributed by atoms with Gasteiger partial charge in [0, 0.05) is 15.5 Å². The second-order valence-corrected chi connectivity index (χ2v) is 8.33. The van der Waals surface area contributed by atoms with Gasteiger partial charge >= 0.3 is 0 Å². The quantitative estimate of drug-likeness (QED) is 0.598. The molecule has 1 unspecified atom stereocenters. The average molecular weight is 397 g/mol. The number of benzene rings is 1. The van der Waals surface area contributed by atoms with E-state index in [1.807, 2.05) is 12.1 Å². The van der Waals surface area contributed by atoms with Crippen LogP contribution in [0.1, 0.15) is 39.9 Å². The number of amides is 1. The summed E-state index contributed by atoms with van der Waals surface area (Å²) in [5, 5.41) is 13.7. The topological polar surface area (TPSA) is 66.0 Å². The third-order valence-corrected chi connectivity index (χ3v) is 6.23. The Labute approximate surface area is 166 Å². The van der Waals surface area contributed by atoms with Crippen molar-refractivity contribution in [1.82, 2.24) is 0 Å². The maximum absolute atomic E-state index is 12.6. The number of anilines is 1. The zero-order valence-electron chi connectivity index (χ0n) is 14.7. The summed E-state index contributed by atoms with van der Waals surface area (Å²) in [6.45, 7) is 2.22. The number of hydrogen-bond donors (Lipinski definition) is 1. The molecule has 27 heavy (non-hydrogen) atoms. The lowest BCUT2D eigenvalue weighted by Gasteiger charge is -2.17. The van der Waals surface area contributed by atoms with E-state index in [1.54, 1.807) is 24.3 Å². The molecule has 136 valence electrons. The highest BCUT2D eigenvalue weighted by Crippen LogP contribution is 2.39. The molecule has 1 atom stereocenters. The van der Waals surface area contributed by atoms with Crippen molar-refractivity contribution in [3.8, 4) is 17.4 Å². The first-order valence-electron chi connectivity index (χ1n) is 8.77. The number of nitriles is 1. The third-order valence-electron chi connectivity index (χ3n) is 4.81. The minimum Gasteiger partial charge on any atom is -0.451 e. The number of fused-ring (bicyclic) bond motifs is 1. The van der Waals surface area contributed by atoms with Gasteiger partial charge in [-0.2, -0.15) is 5.26 Å². The van der Waals surface area contributed by atoms with Crippen molar-refractivity contribution in [2.24, 2.45) is 5.92 Å². The lowest BCUT2D eigenvalue weighted by molar-refractivity contribution is 0.0998. The van der Waals surface area contributed by atoms with Crippen LogP contribution in [0.2, 0.25) is 5.02 Å². The van der Waals surface area contributed by atoms with E-state index < -0.39 is 0 Å². The number of halogens is 1. The Morgan fingerprint density at radius 1 is 1.30 bits per heavy atom. The van der Waals surface area contributed by atoms with E-state index in [4.69, 9.17) is 16.0 Å². The van der Waals surface area contributed by atoms with Gasteiger partial charge in [0.2, 0.25) is 0 Å². The Kier molecular flexibility index (Phi) is 4.77. The molecule has 0 saturated carbocycles. The van der Waals surface area contributed by atoms with Crippen molar-refractivity contribution in [3.63, 3.8) is 0 Å². The van der Waals surface area contributed by atoms with Gasteiger partial charge in [0.05, 0.1) is 5.56 Å². The molecule has 0 radical (unpaired) electrons. The lowest BCUT2D eigenvalue weighted by Crippen LogP contribution is -2.11. The summed E-state index contributed by atoms with van der Waals surface area (Å²) >= 11 is 7.41. The first kappa shape index (κ1) is 17.8. The van der Waals surface area contributed by atoms with Crippen LogP contribution in [0.5, 0.6) is 0 Å². The molecular weight excluding hydrogens is 380 g/mol. The molecule has 4 nitrogen and oxygen atoms in total. The number of carbonyl (C=O) groups is 1. The number of carbonyl (C=O) groups excluding carboxylic acids is 1. The van der Waals surface area contributed by atoms with E-state index >= 15 is 0 Å². The highest BCUT2D eigenvalue weighted by Gasteiger charge is 2.25. The SMILES string of the molecule is CC1CCc2c(sc(NC(=O)c3ccc(-c4ccc(Cl)cc4)o3)c2C#N)C1. The molecule has 2 heterocycles. The van der Waals surface area contributed by atoms with Gasteiger partial charge < -0.3 is 9.73 Å². The highest BCUT2D eigenvalue weighted by molar-refractivity contribution is 7.16. The molecule has 4 rings (SSSR count). The summed E-state index contributed by atoms with van der Waals surface area (Å²) in [6, 6.07) is 12.9. The van der Waals surface area contributed by atoms with Crippen LogP contribution in [-0.2, 0) is 12.8 Å². The molecule has 1 aliphatic carbocycles. The van der Waals surface area contributed by atoms with Crippen molar-refractivity contribution in [3.05, 3.63) is 63.2 Å². The zero-order chi connectivity index (χ0) is 19.0. The molecule has 0 spiro atoms. The largest absolute Gasteiger partial charge is 0.451 e. The fourth-order valence-corrected chi connectivity index (χ4v) is 4.83. The molecule has 2 aromatic heterocycles. The first-order valence-corrected chi connectivity index (χ1v) is 9.96. The van der Waals surface area contributed by atoms with Crippen LogP contribution in [0, 0.1) is 17.2 Å². The molecule has 0 fully saturated rings. The number of nitrogens with zero attached hydrogens (tertiary/aromatic N) is 1. The molecule has 1 N–H and O–H groups in total. The first-order chi connectivity index (χ1) is 13.0. The predicted molar refractivity (Wildman–Crippen MR) is 107 cm³/mol. The summed E-state index contributed by atoms with van der Waals surface area (Å²) in [7, 11) is 0. The summed E-state index contributed by atoms with van der Waals surface area (Å²) in [4.78, 5) is 13.8. The van der Waals surface area contributed by atoms with Gasteiger partial charge in [0.25, 0.3) is 5.91 Å². The molecule has 1 aromatic carbocycles. The number of nitrogens with one attached hydrogen (secondary N) is 1. The Balaban J connectivity index is 1.57. The van der Waals surface area contributed by atoms with Gasteiger partial charge in [-0.3, -0.25) is 4.79 Å². The highest BCUT2D eigenvalue weighted by atomic mass is 35.5. The molecular formula is C21H17ClN2O2S. The van der Waals surface area contributed by atoms with Gasteiger partial charge in [-0.1, -0.05) is 18.5 Å². The second-order valence-electron chi connectivity index (χ2n) is 6.79. The minimum absolute atomic E-state index is 0.212. The van der Waals surface area contributed by atoms with Crippen LogP contribution in [0.4, 0.5) is 5.00 Å². The summed E-state index contributed by atoms with van der Waals surface area (Å²) in [6.07, 6.45) is 2.94. The summed E-state index contributed by atoms with van der Waals surface area (Å²) in [5.41, 5.74) is 2.54. The van der Waals surface area contributed by atoms with Crippen LogP contribution in [0.15, 0.2) is 40.8 Å². The zero-order valence-corrected chi connectivity index (χ0v) is 16.3. The fraction of sp³-hybridized carbons (Fsp3) is 0.238. The monoisotopic (exact) mass is 396 g/mol. The van der Waals surface area contributed by atoms with Gasteiger partial charge in [-0.25, -0.2) is 0 Å². The Morgan fingerprint density at radius 2 is 2.07 bits per heavy atom. The van der Waals surface area contributed by atoms with E-state index in [9.17, 15) is 10.1 Å². The maximum atomic E-state index is 12.6. The van der Waals surface area contributed by atoms with Crippen molar-refractivity contribution in [2.45, 2.75) is 26.2 Å². The minimum atomic E-state index is -0.349. The maximum Gasteiger partial charge on any atom is 0.292 e. The average Bonchev–Trinajstić information content (AvgIpc) is 3.26. The lowest BCUT2D eigenvalue weighted by atomic mass is 9.89. The molecule has 3 aromatic rings. The van der Waals surface area contributed by atoms with Gasteiger partial charge in [0.1, 0.15) is 16.8 Å². The molecule has 1 amide bonds. The van der Waals surface area contributed by atoms with E-state index in [1.165, 1.54) is 16.2 Å². The smallest absolute Gasteiger partial charge is 0.292 e. The molecule has 0 bridgehead atoms. The molecule has 6 heteroatoms. The van der Waals surface area contributed by atoms with E-state index in [0.717, 1.165) is 30.4 Å². The van der Waals surface area contributed by atoms with Gasteiger partial charge in [0.15, 0.2) is 5.76 Å². The Morgan fingerprint density at radius 3 is 2.81 bits per heavy atom. The van der Waals surface area contributed by atoms with E-state index in [0.29, 0.717) is 27.3 Å². The van der Waals surface area contributed by atoms with Gasteiger partial charge in [-0.15, -0.1) is 11.3 Å². The van der Waals surface area contributed by atoms with Gasteiger partial charge in [-0.05, 0) is 67.1 Å². The van der Waals surface area contributed by atoms with Crippen molar-refractivity contribution in [1.29, 1.82) is 5.26 Å². The number of furan rings is 1. The second kappa shape index (κ2) is 7.22. The van der Waals surface area contributed by atoms with E-state index in [2.05, 4.69) is 18.3 Å². The molecule has 0 saturated heterocycles. The van der Waals surface area contributed by atoms with E-state index in [-0.39, 0.29) is 11.7 Å².